The van der Waals surface area contributed by atoms with E-state index in [1.807, 2.05) is 30.3 Å². The predicted octanol–water partition coefficient (Wildman–Crippen LogP) is 4.14. The lowest BCUT2D eigenvalue weighted by atomic mass is 10.2. The Morgan fingerprint density at radius 3 is 2.23 bits per heavy atom. The largest absolute Gasteiger partial charge is 0.482 e. The number of hydrogen-bond donors (Lipinski definition) is 1. The molecular formula is C22H21NO6S. The van der Waals surface area contributed by atoms with E-state index in [1.165, 1.54) is 25.3 Å². The van der Waals surface area contributed by atoms with E-state index in [0.29, 0.717) is 28.5 Å². The Labute approximate surface area is 175 Å². The van der Waals surface area contributed by atoms with Crippen molar-refractivity contribution in [1.29, 1.82) is 0 Å². The third-order valence-corrected chi connectivity index (χ3v) is 5.49. The van der Waals surface area contributed by atoms with Crippen molar-refractivity contribution in [2.45, 2.75) is 11.8 Å². The molecule has 0 aliphatic carbocycles. The van der Waals surface area contributed by atoms with E-state index < -0.39 is 16.0 Å². The highest BCUT2D eigenvalue weighted by atomic mass is 32.2. The van der Waals surface area contributed by atoms with Crippen LogP contribution in [0.5, 0.6) is 17.2 Å². The minimum absolute atomic E-state index is 0.0787. The molecule has 0 aliphatic heterocycles. The van der Waals surface area contributed by atoms with Crippen LogP contribution in [0.4, 0.5) is 5.69 Å². The molecule has 0 unspecified atom stereocenters. The zero-order valence-electron chi connectivity index (χ0n) is 16.5. The molecule has 0 heterocycles. The molecule has 0 spiro atoms. The van der Waals surface area contributed by atoms with Crippen LogP contribution >= 0.6 is 0 Å². The number of sulfonamides is 1. The Hall–Kier alpha value is -3.52. The number of anilines is 1. The van der Waals surface area contributed by atoms with Gasteiger partial charge in [0, 0.05) is 5.69 Å². The Kier molecular flexibility index (Phi) is 6.58. The zero-order valence-corrected chi connectivity index (χ0v) is 17.3. The lowest BCUT2D eigenvalue weighted by Crippen LogP contribution is -2.15. The number of nitrogens with one attached hydrogen (secondary N) is 1. The predicted molar refractivity (Wildman–Crippen MR) is 112 cm³/mol. The van der Waals surface area contributed by atoms with Crippen LogP contribution < -0.4 is 14.2 Å². The van der Waals surface area contributed by atoms with Crippen LogP contribution in [-0.2, 0) is 19.6 Å². The standard InChI is InChI=1S/C22H21NO6S/c1-16-14-20(12-13-21(16)28-15-22(24)27-2)30(25,26)23-17-8-10-19(11-9-17)29-18-6-4-3-5-7-18/h3-14,23H,15H2,1-2H3. The van der Waals surface area contributed by atoms with Gasteiger partial charge in [0.25, 0.3) is 10.0 Å². The first-order valence-electron chi connectivity index (χ1n) is 9.03. The summed E-state index contributed by atoms with van der Waals surface area (Å²) in [5.41, 5.74) is 0.979. The van der Waals surface area contributed by atoms with Crippen LogP contribution in [0.1, 0.15) is 5.56 Å². The quantitative estimate of drug-likeness (QED) is 0.544. The molecule has 1 N–H and O–H groups in total. The van der Waals surface area contributed by atoms with E-state index in [4.69, 9.17) is 9.47 Å². The molecule has 8 heteroatoms. The number of esters is 1. The van der Waals surface area contributed by atoms with Gasteiger partial charge in [0.1, 0.15) is 17.2 Å². The number of ether oxygens (including phenoxy) is 3. The van der Waals surface area contributed by atoms with Gasteiger partial charge in [-0.25, -0.2) is 13.2 Å². The van der Waals surface area contributed by atoms with E-state index in [0.717, 1.165) is 0 Å². The summed E-state index contributed by atoms with van der Waals surface area (Å²) in [7, 11) is -2.53. The average molecular weight is 427 g/mol. The van der Waals surface area contributed by atoms with Crippen molar-refractivity contribution in [3.63, 3.8) is 0 Å². The SMILES string of the molecule is COC(=O)COc1ccc(S(=O)(=O)Nc2ccc(Oc3ccccc3)cc2)cc1C. The minimum Gasteiger partial charge on any atom is -0.482 e. The molecule has 30 heavy (non-hydrogen) atoms. The summed E-state index contributed by atoms with van der Waals surface area (Å²) in [6.07, 6.45) is 0. The normalized spacial score (nSPS) is 10.9. The number of carbonyl (C=O) groups is 1. The first kappa shape index (κ1) is 21.2. The average Bonchev–Trinajstić information content (AvgIpc) is 2.74. The van der Waals surface area contributed by atoms with E-state index >= 15 is 0 Å². The minimum atomic E-state index is -3.80. The molecule has 3 aromatic rings. The molecule has 0 aromatic heterocycles. The monoisotopic (exact) mass is 427 g/mol. The molecule has 0 aliphatic rings. The molecule has 7 nitrogen and oxygen atoms in total. The highest BCUT2D eigenvalue weighted by molar-refractivity contribution is 7.92. The van der Waals surface area contributed by atoms with Gasteiger partial charge in [0.2, 0.25) is 0 Å². The van der Waals surface area contributed by atoms with Crippen molar-refractivity contribution in [3.8, 4) is 17.2 Å². The molecule has 0 amide bonds. The number of carbonyl (C=O) groups excluding carboxylic acids is 1. The number of hydrogen-bond acceptors (Lipinski definition) is 6. The lowest BCUT2D eigenvalue weighted by molar-refractivity contribution is -0.142. The van der Waals surface area contributed by atoms with Gasteiger partial charge < -0.3 is 14.2 Å². The van der Waals surface area contributed by atoms with Crippen LogP contribution in [0.25, 0.3) is 0 Å². The van der Waals surface area contributed by atoms with Crippen molar-refractivity contribution < 1.29 is 27.4 Å². The maximum atomic E-state index is 12.7. The zero-order chi connectivity index (χ0) is 21.6. The van der Waals surface area contributed by atoms with Crippen LogP contribution in [-0.4, -0.2) is 28.1 Å². The highest BCUT2D eigenvalue weighted by Gasteiger charge is 2.16. The second kappa shape index (κ2) is 9.32. The molecule has 0 radical (unpaired) electrons. The summed E-state index contributed by atoms with van der Waals surface area (Å²) in [5.74, 6) is 1.16. The van der Waals surface area contributed by atoms with Gasteiger partial charge in [-0.2, -0.15) is 0 Å². The van der Waals surface area contributed by atoms with E-state index in [-0.39, 0.29) is 11.5 Å². The topological polar surface area (TPSA) is 90.9 Å². The van der Waals surface area contributed by atoms with Gasteiger partial charge in [0.05, 0.1) is 12.0 Å². The summed E-state index contributed by atoms with van der Waals surface area (Å²) in [6, 6.07) is 20.3. The fourth-order valence-corrected chi connectivity index (χ4v) is 3.72. The first-order valence-corrected chi connectivity index (χ1v) is 10.5. The fourth-order valence-electron chi connectivity index (χ4n) is 2.58. The maximum Gasteiger partial charge on any atom is 0.343 e. The first-order chi connectivity index (χ1) is 14.4. The Morgan fingerprint density at radius 1 is 0.933 bits per heavy atom. The molecule has 3 aromatic carbocycles. The number of methoxy groups -OCH3 is 1. The Bertz CT molecular complexity index is 1110. The summed E-state index contributed by atoms with van der Waals surface area (Å²) in [4.78, 5) is 11.3. The molecule has 0 saturated heterocycles. The van der Waals surface area contributed by atoms with Crippen molar-refractivity contribution >= 4 is 21.7 Å². The van der Waals surface area contributed by atoms with Crippen molar-refractivity contribution in [3.05, 3.63) is 78.4 Å². The summed E-state index contributed by atoms with van der Waals surface area (Å²) in [6.45, 7) is 1.44. The number of rotatable bonds is 8. The van der Waals surface area contributed by atoms with Gasteiger partial charge in [-0.05, 0) is 67.1 Å². The fraction of sp³-hybridized carbons (Fsp3) is 0.136. The van der Waals surface area contributed by atoms with E-state index in [2.05, 4.69) is 9.46 Å². The van der Waals surface area contributed by atoms with Gasteiger partial charge in [-0.3, -0.25) is 4.72 Å². The van der Waals surface area contributed by atoms with Crippen molar-refractivity contribution in [1.82, 2.24) is 0 Å². The summed E-state index contributed by atoms with van der Waals surface area (Å²) < 4.78 is 43.5. The highest BCUT2D eigenvalue weighted by Crippen LogP contribution is 2.26. The molecule has 3 rings (SSSR count). The molecule has 0 fully saturated rings. The third kappa shape index (κ3) is 5.51. The second-order valence-electron chi connectivity index (χ2n) is 6.34. The number of aryl methyl sites for hydroxylation is 1. The number of benzene rings is 3. The van der Waals surface area contributed by atoms with E-state index in [1.54, 1.807) is 31.2 Å². The van der Waals surface area contributed by atoms with Crippen LogP contribution in [0, 0.1) is 6.92 Å². The third-order valence-electron chi connectivity index (χ3n) is 4.12. The molecular weight excluding hydrogens is 406 g/mol. The summed E-state index contributed by atoms with van der Waals surface area (Å²) in [5, 5.41) is 0. The lowest BCUT2D eigenvalue weighted by Gasteiger charge is -2.12. The van der Waals surface area contributed by atoms with Crippen molar-refractivity contribution in [2.24, 2.45) is 0 Å². The van der Waals surface area contributed by atoms with E-state index in [9.17, 15) is 13.2 Å². The van der Waals surface area contributed by atoms with Crippen LogP contribution in [0.15, 0.2) is 77.7 Å². The van der Waals surface area contributed by atoms with Crippen LogP contribution in [0.2, 0.25) is 0 Å². The van der Waals surface area contributed by atoms with Gasteiger partial charge in [-0.1, -0.05) is 18.2 Å². The smallest absolute Gasteiger partial charge is 0.343 e. The Morgan fingerprint density at radius 2 is 1.60 bits per heavy atom. The molecule has 0 bridgehead atoms. The van der Waals surface area contributed by atoms with Gasteiger partial charge in [-0.15, -0.1) is 0 Å². The molecule has 0 saturated carbocycles. The van der Waals surface area contributed by atoms with Crippen LogP contribution in [0.3, 0.4) is 0 Å². The Balaban J connectivity index is 1.68. The van der Waals surface area contributed by atoms with Gasteiger partial charge >= 0.3 is 5.97 Å². The number of para-hydroxylation sites is 1. The summed E-state index contributed by atoms with van der Waals surface area (Å²) >= 11 is 0. The van der Waals surface area contributed by atoms with Crippen molar-refractivity contribution in [2.75, 3.05) is 18.4 Å². The molecule has 0 atom stereocenters. The second-order valence-corrected chi connectivity index (χ2v) is 8.02. The van der Waals surface area contributed by atoms with Gasteiger partial charge in [0.15, 0.2) is 6.61 Å². The maximum absolute atomic E-state index is 12.7. The molecule has 156 valence electrons.